The van der Waals surface area contributed by atoms with Gasteiger partial charge in [0, 0.05) is 20.3 Å². The Morgan fingerprint density at radius 1 is 0.688 bits per heavy atom. The molecule has 0 spiro atoms. The molecule has 0 radical (unpaired) electrons. The highest BCUT2D eigenvalue weighted by Crippen LogP contribution is 2.32. The molecular weight excluding hydrogens is 632 g/mol. The predicted octanol–water partition coefficient (Wildman–Crippen LogP) is 2.13. The van der Waals surface area contributed by atoms with Crippen molar-refractivity contribution < 1.29 is 68.0 Å². The standard InChI is InChI=1S/C34H54O14/c1-21-17-15-13-11-9-7-5-4-6-8-10-12-14-16-18-26(37)47-31-25(20-43-23(3)36)46-33(30(41)29(31)40)48-32-28(39)27(38)24(19-42-22(2)35)45-34(32)44-21/h4-5,9,11,21,24-25,27-34,38-41H,6-8,10,12-20H2,1-3H3/b5-4?,11-9+. The Morgan fingerprint density at radius 2 is 1.27 bits per heavy atom. The van der Waals surface area contributed by atoms with Gasteiger partial charge in [0.05, 0.1) is 6.10 Å². The van der Waals surface area contributed by atoms with Crippen molar-refractivity contribution in [3.63, 3.8) is 0 Å². The molecule has 2 fully saturated rings. The summed E-state index contributed by atoms with van der Waals surface area (Å²) in [6.45, 7) is 3.37. The van der Waals surface area contributed by atoms with Gasteiger partial charge in [0.1, 0.15) is 55.9 Å². The summed E-state index contributed by atoms with van der Waals surface area (Å²) in [6, 6.07) is 0. The molecule has 11 atom stereocenters. The molecule has 0 saturated carbocycles. The minimum absolute atomic E-state index is 0.0843. The number of ether oxygens (including phenoxy) is 7. The highest BCUT2D eigenvalue weighted by Gasteiger charge is 2.52. The number of rotatable bonds is 4. The quantitative estimate of drug-likeness (QED) is 0.191. The van der Waals surface area contributed by atoms with Crippen LogP contribution in [0.1, 0.15) is 91.4 Å². The van der Waals surface area contributed by atoms with E-state index in [1.54, 1.807) is 0 Å². The number of carbonyl (C=O) groups is 3. The van der Waals surface area contributed by atoms with E-state index in [4.69, 9.17) is 33.2 Å². The number of aliphatic hydroxyl groups excluding tert-OH is 4. The molecule has 4 N–H and O–H groups in total. The zero-order chi connectivity index (χ0) is 35.1. The summed E-state index contributed by atoms with van der Waals surface area (Å²) in [4.78, 5) is 35.8. The van der Waals surface area contributed by atoms with Crippen LogP contribution < -0.4 is 0 Å². The van der Waals surface area contributed by atoms with Gasteiger partial charge in [-0.25, -0.2) is 0 Å². The minimum Gasteiger partial charge on any atom is -0.463 e. The smallest absolute Gasteiger partial charge is 0.306 e. The summed E-state index contributed by atoms with van der Waals surface area (Å²) in [5.41, 5.74) is 0. The number of esters is 3. The molecule has 0 amide bonds. The Hall–Kier alpha value is -2.43. The molecule has 0 aromatic carbocycles. The Balaban J connectivity index is 1.83. The molecule has 2 saturated heterocycles. The molecule has 11 unspecified atom stereocenters. The second-order valence-corrected chi connectivity index (χ2v) is 12.6. The number of carbonyl (C=O) groups excluding carboxylic acids is 3. The topological polar surface area (TPSA) is 197 Å². The first-order valence-electron chi connectivity index (χ1n) is 17.1. The lowest BCUT2D eigenvalue weighted by molar-refractivity contribution is -0.371. The lowest BCUT2D eigenvalue weighted by Crippen LogP contribution is -2.65. The van der Waals surface area contributed by atoms with E-state index in [1.165, 1.54) is 13.8 Å². The van der Waals surface area contributed by atoms with Gasteiger partial charge in [-0.05, 0) is 51.9 Å². The fraction of sp³-hybridized carbons (Fsp3) is 0.794. The van der Waals surface area contributed by atoms with Crippen molar-refractivity contribution in [2.24, 2.45) is 0 Å². The van der Waals surface area contributed by atoms with Crippen LogP contribution in [0.3, 0.4) is 0 Å². The molecule has 0 aromatic rings. The Bertz CT molecular complexity index is 1050. The van der Waals surface area contributed by atoms with Gasteiger partial charge >= 0.3 is 17.9 Å². The summed E-state index contributed by atoms with van der Waals surface area (Å²) in [7, 11) is 0. The van der Waals surface area contributed by atoms with Crippen LogP contribution in [0.5, 0.6) is 0 Å². The Labute approximate surface area is 282 Å². The molecule has 0 aromatic heterocycles. The lowest BCUT2D eigenvalue weighted by atomic mass is 9.97. The number of allylic oxidation sites excluding steroid dienone is 4. The molecule has 4 aliphatic rings. The maximum absolute atomic E-state index is 12.7. The van der Waals surface area contributed by atoms with Gasteiger partial charge in [-0.3, -0.25) is 14.4 Å². The highest BCUT2D eigenvalue weighted by molar-refractivity contribution is 5.69. The summed E-state index contributed by atoms with van der Waals surface area (Å²) >= 11 is 0. The maximum Gasteiger partial charge on any atom is 0.306 e. The molecule has 4 aliphatic heterocycles. The van der Waals surface area contributed by atoms with E-state index < -0.39 is 92.0 Å². The third kappa shape index (κ3) is 13.1. The summed E-state index contributed by atoms with van der Waals surface area (Å²) in [5, 5.41) is 44.2. The van der Waals surface area contributed by atoms with Crippen molar-refractivity contribution in [1.29, 1.82) is 0 Å². The van der Waals surface area contributed by atoms with Gasteiger partial charge in [0.25, 0.3) is 0 Å². The lowest BCUT2D eigenvalue weighted by Gasteiger charge is -2.47. The van der Waals surface area contributed by atoms with E-state index in [-0.39, 0.29) is 13.0 Å². The molecule has 2 bridgehead atoms. The highest BCUT2D eigenvalue weighted by atomic mass is 16.8. The van der Waals surface area contributed by atoms with Crippen LogP contribution in [-0.4, -0.2) is 119 Å². The molecule has 274 valence electrons. The van der Waals surface area contributed by atoms with E-state index in [2.05, 4.69) is 24.3 Å². The Morgan fingerprint density at radius 3 is 1.96 bits per heavy atom. The van der Waals surface area contributed by atoms with E-state index >= 15 is 0 Å². The second-order valence-electron chi connectivity index (χ2n) is 12.6. The van der Waals surface area contributed by atoms with E-state index in [9.17, 15) is 34.8 Å². The maximum atomic E-state index is 12.7. The average molecular weight is 687 g/mol. The first-order valence-corrected chi connectivity index (χ1v) is 17.1. The normalized spacial score (nSPS) is 37.5. The Kier molecular flexibility index (Phi) is 17.4. The van der Waals surface area contributed by atoms with Gasteiger partial charge in [-0.2, -0.15) is 0 Å². The van der Waals surface area contributed by atoms with Crippen LogP contribution >= 0.6 is 0 Å². The minimum atomic E-state index is -1.79. The first kappa shape index (κ1) is 40.0. The monoisotopic (exact) mass is 686 g/mol. The predicted molar refractivity (Wildman–Crippen MR) is 169 cm³/mol. The molecule has 14 heteroatoms. The van der Waals surface area contributed by atoms with Crippen molar-refractivity contribution in [3.8, 4) is 0 Å². The largest absolute Gasteiger partial charge is 0.463 e. The third-order valence-corrected chi connectivity index (χ3v) is 8.45. The fourth-order valence-electron chi connectivity index (χ4n) is 5.75. The number of hydrogen-bond donors (Lipinski definition) is 4. The number of aliphatic hydroxyl groups is 4. The van der Waals surface area contributed by atoms with E-state index in [0.717, 1.165) is 51.4 Å². The fourth-order valence-corrected chi connectivity index (χ4v) is 5.75. The first-order chi connectivity index (χ1) is 23.0. The van der Waals surface area contributed by atoms with Crippen molar-refractivity contribution in [2.75, 3.05) is 13.2 Å². The van der Waals surface area contributed by atoms with Crippen LogP contribution in [0.4, 0.5) is 0 Å². The SMILES string of the molecule is CC(=O)OCC1OC2OC(C)CCC/C=C/CC=CCCCCCCCC(=O)OC3C(COC(C)=O)OC(OC2C(O)C1O)C(O)C3O. The van der Waals surface area contributed by atoms with Crippen molar-refractivity contribution >= 4 is 17.9 Å². The second kappa shape index (κ2) is 20.9. The van der Waals surface area contributed by atoms with Gasteiger partial charge < -0.3 is 53.6 Å². The van der Waals surface area contributed by atoms with Gasteiger partial charge in [0.15, 0.2) is 18.7 Å². The van der Waals surface area contributed by atoms with Crippen LogP contribution in [0, 0.1) is 0 Å². The van der Waals surface area contributed by atoms with Crippen LogP contribution in [0.2, 0.25) is 0 Å². The van der Waals surface area contributed by atoms with E-state index in [0.29, 0.717) is 12.8 Å². The molecular formula is C34H54O14. The van der Waals surface area contributed by atoms with Gasteiger partial charge in [-0.15, -0.1) is 0 Å². The zero-order valence-electron chi connectivity index (χ0n) is 28.2. The molecule has 4 heterocycles. The molecule has 4 rings (SSSR count). The third-order valence-electron chi connectivity index (χ3n) is 8.45. The molecule has 0 aliphatic carbocycles. The molecule has 14 nitrogen and oxygen atoms in total. The van der Waals surface area contributed by atoms with Gasteiger partial charge in [0.2, 0.25) is 0 Å². The van der Waals surface area contributed by atoms with Gasteiger partial charge in [-0.1, -0.05) is 43.6 Å². The van der Waals surface area contributed by atoms with E-state index in [1.807, 2.05) is 6.92 Å². The van der Waals surface area contributed by atoms with Crippen LogP contribution in [-0.2, 0) is 47.5 Å². The summed E-state index contributed by atoms with van der Waals surface area (Å²) in [6.07, 6.45) is 1.67. The number of fused-ring (bicyclic) bond motifs is 18. The summed E-state index contributed by atoms with van der Waals surface area (Å²) < 4.78 is 39.5. The summed E-state index contributed by atoms with van der Waals surface area (Å²) in [5.74, 6) is -1.88. The van der Waals surface area contributed by atoms with Crippen molar-refractivity contribution in [2.45, 2.75) is 159 Å². The zero-order valence-corrected chi connectivity index (χ0v) is 28.2. The molecule has 48 heavy (non-hydrogen) atoms. The van der Waals surface area contributed by atoms with Crippen molar-refractivity contribution in [3.05, 3.63) is 24.3 Å². The van der Waals surface area contributed by atoms with Crippen LogP contribution in [0.25, 0.3) is 0 Å². The van der Waals surface area contributed by atoms with Crippen LogP contribution in [0.15, 0.2) is 24.3 Å². The average Bonchev–Trinajstić information content (AvgIpc) is 3.03. The number of hydrogen-bond acceptors (Lipinski definition) is 14. The van der Waals surface area contributed by atoms with Crippen molar-refractivity contribution in [1.82, 2.24) is 0 Å².